The number of rotatable bonds is 6. The van der Waals surface area contributed by atoms with Gasteiger partial charge in [0.25, 0.3) is 0 Å². The highest BCUT2D eigenvalue weighted by molar-refractivity contribution is 5.91. The van der Waals surface area contributed by atoms with E-state index in [1.165, 1.54) is 43.1 Å². The standard InChI is InChI=1S/C23H23F4N3O/c1-15-13-30(14-28-15)20-10-9-18(12-19(20)23(25,26)27)29-21(31)11-6-16-4-7-17(8-5-16)22(2,3)24/h4-5,7-10,12-14H,6,11H2,1-3H3,(H,29,31). The summed E-state index contributed by atoms with van der Waals surface area (Å²) in [6.45, 7) is 4.61. The maximum absolute atomic E-state index is 13.9. The molecule has 0 aliphatic carbocycles. The van der Waals surface area contributed by atoms with Gasteiger partial charge in [0, 0.05) is 18.3 Å². The van der Waals surface area contributed by atoms with Crippen molar-refractivity contribution in [3.05, 3.63) is 77.4 Å². The summed E-state index contributed by atoms with van der Waals surface area (Å²) in [5.41, 5.74) is -0.359. The maximum Gasteiger partial charge on any atom is 0.418 e. The van der Waals surface area contributed by atoms with Crippen molar-refractivity contribution in [2.45, 2.75) is 45.5 Å². The fraction of sp³-hybridized carbons (Fsp3) is 0.304. The predicted octanol–water partition coefficient (Wildman–Crippen LogP) is 5.98. The van der Waals surface area contributed by atoms with Crippen molar-refractivity contribution in [3.63, 3.8) is 0 Å². The van der Waals surface area contributed by atoms with Gasteiger partial charge in [0.2, 0.25) is 5.91 Å². The summed E-state index contributed by atoms with van der Waals surface area (Å²) in [5, 5.41) is 2.52. The number of aromatic nitrogens is 2. The average molecular weight is 433 g/mol. The molecule has 0 unspecified atom stereocenters. The number of aryl methyl sites for hydroxylation is 2. The number of amides is 1. The third-order valence-electron chi connectivity index (χ3n) is 4.86. The first-order valence-corrected chi connectivity index (χ1v) is 9.74. The molecule has 31 heavy (non-hydrogen) atoms. The molecule has 1 aromatic heterocycles. The molecule has 0 fully saturated rings. The topological polar surface area (TPSA) is 46.9 Å². The lowest BCUT2D eigenvalue weighted by Crippen LogP contribution is -2.15. The van der Waals surface area contributed by atoms with E-state index in [4.69, 9.17) is 0 Å². The van der Waals surface area contributed by atoms with Crippen LogP contribution in [0.3, 0.4) is 0 Å². The van der Waals surface area contributed by atoms with Gasteiger partial charge in [0.05, 0.1) is 23.3 Å². The highest BCUT2D eigenvalue weighted by atomic mass is 19.4. The molecule has 8 heteroatoms. The van der Waals surface area contributed by atoms with Gasteiger partial charge in [-0.2, -0.15) is 13.2 Å². The number of hydrogen-bond donors (Lipinski definition) is 1. The molecule has 164 valence electrons. The average Bonchev–Trinajstić information content (AvgIpc) is 3.11. The minimum absolute atomic E-state index is 0.0624. The zero-order chi connectivity index (χ0) is 22.8. The predicted molar refractivity (Wildman–Crippen MR) is 111 cm³/mol. The van der Waals surface area contributed by atoms with E-state index in [1.54, 1.807) is 31.2 Å². The molecule has 0 saturated carbocycles. The van der Waals surface area contributed by atoms with Gasteiger partial charge in [0.15, 0.2) is 0 Å². The summed E-state index contributed by atoms with van der Waals surface area (Å²) in [7, 11) is 0. The lowest BCUT2D eigenvalue weighted by atomic mass is 9.98. The minimum atomic E-state index is -4.60. The molecule has 4 nitrogen and oxygen atoms in total. The van der Waals surface area contributed by atoms with Gasteiger partial charge in [-0.25, -0.2) is 9.37 Å². The van der Waals surface area contributed by atoms with Crippen LogP contribution in [0.15, 0.2) is 55.0 Å². The summed E-state index contributed by atoms with van der Waals surface area (Å²) in [6.07, 6.45) is -1.31. The van der Waals surface area contributed by atoms with E-state index in [0.717, 1.165) is 11.6 Å². The van der Waals surface area contributed by atoms with Crippen LogP contribution in [0.25, 0.3) is 5.69 Å². The van der Waals surface area contributed by atoms with Gasteiger partial charge < -0.3 is 9.88 Å². The van der Waals surface area contributed by atoms with Gasteiger partial charge in [0.1, 0.15) is 5.67 Å². The maximum atomic E-state index is 13.9. The van der Waals surface area contributed by atoms with E-state index < -0.39 is 23.3 Å². The fourth-order valence-corrected chi connectivity index (χ4v) is 3.17. The summed E-state index contributed by atoms with van der Waals surface area (Å²) in [4.78, 5) is 16.2. The Labute approximate surface area is 177 Å². The Hall–Kier alpha value is -3.16. The van der Waals surface area contributed by atoms with Gasteiger partial charge in [-0.05, 0) is 56.5 Å². The second kappa shape index (κ2) is 8.53. The number of alkyl halides is 4. The third-order valence-corrected chi connectivity index (χ3v) is 4.86. The number of hydrogen-bond acceptors (Lipinski definition) is 2. The van der Waals surface area contributed by atoms with E-state index in [2.05, 4.69) is 10.3 Å². The molecule has 2 aromatic carbocycles. The first-order chi connectivity index (χ1) is 14.4. The van der Waals surface area contributed by atoms with Crippen molar-refractivity contribution >= 4 is 11.6 Å². The Morgan fingerprint density at radius 2 is 1.74 bits per heavy atom. The first kappa shape index (κ1) is 22.5. The number of carbonyl (C=O) groups excluding carboxylic acids is 1. The molecular weight excluding hydrogens is 410 g/mol. The molecule has 1 heterocycles. The molecule has 0 atom stereocenters. The van der Waals surface area contributed by atoms with Crippen LogP contribution in [0.5, 0.6) is 0 Å². The van der Waals surface area contributed by atoms with Crippen molar-refractivity contribution in [3.8, 4) is 5.69 Å². The van der Waals surface area contributed by atoms with E-state index in [9.17, 15) is 22.4 Å². The van der Waals surface area contributed by atoms with Gasteiger partial charge in [-0.3, -0.25) is 4.79 Å². The van der Waals surface area contributed by atoms with Crippen molar-refractivity contribution in [2.75, 3.05) is 5.32 Å². The molecule has 0 radical (unpaired) electrons. The molecule has 0 aliphatic heterocycles. The Morgan fingerprint density at radius 3 is 2.29 bits per heavy atom. The van der Waals surface area contributed by atoms with Crippen LogP contribution >= 0.6 is 0 Å². The molecule has 1 amide bonds. The highest BCUT2D eigenvalue weighted by Crippen LogP contribution is 2.35. The van der Waals surface area contributed by atoms with Crippen molar-refractivity contribution < 1.29 is 22.4 Å². The van der Waals surface area contributed by atoms with Crippen LogP contribution in [0.4, 0.5) is 23.2 Å². The highest BCUT2D eigenvalue weighted by Gasteiger charge is 2.34. The summed E-state index contributed by atoms with van der Waals surface area (Å²) in [5.74, 6) is -0.408. The molecule has 0 saturated heterocycles. The molecule has 3 rings (SSSR count). The van der Waals surface area contributed by atoms with Gasteiger partial charge in [-0.15, -0.1) is 0 Å². The molecule has 0 spiro atoms. The Bertz CT molecular complexity index is 1060. The second-order valence-corrected chi connectivity index (χ2v) is 7.87. The van der Waals surface area contributed by atoms with Crippen LogP contribution < -0.4 is 5.32 Å². The van der Waals surface area contributed by atoms with Crippen LogP contribution in [-0.4, -0.2) is 15.5 Å². The van der Waals surface area contributed by atoms with Gasteiger partial charge in [-0.1, -0.05) is 24.3 Å². The quantitative estimate of drug-likeness (QED) is 0.487. The van der Waals surface area contributed by atoms with Crippen LogP contribution in [0.1, 0.15) is 42.7 Å². The Kier molecular flexibility index (Phi) is 6.20. The van der Waals surface area contributed by atoms with E-state index in [1.807, 2.05) is 0 Å². The SMILES string of the molecule is Cc1cn(-c2ccc(NC(=O)CCc3ccc(C(C)(C)F)cc3)cc2C(F)(F)F)cn1. The number of imidazole rings is 1. The molecular formula is C23H23F4N3O. The third kappa shape index (κ3) is 5.71. The van der Waals surface area contributed by atoms with Crippen molar-refractivity contribution in [1.29, 1.82) is 0 Å². The van der Waals surface area contributed by atoms with Crippen molar-refractivity contribution in [2.24, 2.45) is 0 Å². The number of halogens is 4. The zero-order valence-corrected chi connectivity index (χ0v) is 17.4. The number of nitrogens with one attached hydrogen (secondary N) is 1. The fourth-order valence-electron chi connectivity index (χ4n) is 3.17. The monoisotopic (exact) mass is 433 g/mol. The minimum Gasteiger partial charge on any atom is -0.326 e. The Morgan fingerprint density at radius 1 is 1.06 bits per heavy atom. The van der Waals surface area contributed by atoms with E-state index in [0.29, 0.717) is 17.7 Å². The molecule has 0 aliphatic rings. The molecule has 1 N–H and O–H groups in total. The smallest absolute Gasteiger partial charge is 0.326 e. The summed E-state index contributed by atoms with van der Waals surface area (Å²) < 4.78 is 55.9. The van der Waals surface area contributed by atoms with Crippen LogP contribution in [-0.2, 0) is 23.1 Å². The summed E-state index contributed by atoms with van der Waals surface area (Å²) >= 11 is 0. The summed E-state index contributed by atoms with van der Waals surface area (Å²) in [6, 6.07) is 10.5. The van der Waals surface area contributed by atoms with Crippen molar-refractivity contribution in [1.82, 2.24) is 9.55 Å². The Balaban J connectivity index is 1.70. The number of carbonyl (C=O) groups is 1. The number of anilines is 1. The number of nitrogens with zero attached hydrogens (tertiary/aromatic N) is 2. The van der Waals surface area contributed by atoms with E-state index in [-0.39, 0.29) is 17.8 Å². The second-order valence-electron chi connectivity index (χ2n) is 7.87. The van der Waals surface area contributed by atoms with Crippen LogP contribution in [0, 0.1) is 6.92 Å². The normalized spacial score (nSPS) is 12.1. The molecule has 3 aromatic rings. The largest absolute Gasteiger partial charge is 0.418 e. The lowest BCUT2D eigenvalue weighted by molar-refractivity contribution is -0.137. The first-order valence-electron chi connectivity index (χ1n) is 9.74. The lowest BCUT2D eigenvalue weighted by Gasteiger charge is -2.16. The zero-order valence-electron chi connectivity index (χ0n) is 17.4. The molecule has 0 bridgehead atoms. The van der Waals surface area contributed by atoms with Crippen LogP contribution in [0.2, 0.25) is 0 Å². The van der Waals surface area contributed by atoms with Gasteiger partial charge >= 0.3 is 6.18 Å². The number of benzene rings is 2. The van der Waals surface area contributed by atoms with E-state index >= 15 is 0 Å².